The lowest BCUT2D eigenvalue weighted by Gasteiger charge is -2.26. The van der Waals surface area contributed by atoms with Crippen LogP contribution in [-0.4, -0.2) is 21.8 Å². The SMILES string of the molecule is Cc1ccc(COc2cccc(C=C3C(=N)N4C(c5ccccc5)=CSC4=NC3=O)c2)cc1. The van der Waals surface area contributed by atoms with E-state index in [0.29, 0.717) is 17.5 Å². The van der Waals surface area contributed by atoms with Crippen LogP contribution in [0.2, 0.25) is 0 Å². The number of aryl methyl sites for hydroxylation is 1. The molecule has 6 heteroatoms. The topological polar surface area (TPSA) is 65.8 Å². The Morgan fingerprint density at radius 2 is 1.82 bits per heavy atom. The van der Waals surface area contributed by atoms with Crippen molar-refractivity contribution in [3.8, 4) is 5.75 Å². The number of rotatable bonds is 5. The predicted molar refractivity (Wildman–Crippen MR) is 134 cm³/mol. The van der Waals surface area contributed by atoms with Gasteiger partial charge >= 0.3 is 0 Å². The first-order valence-electron chi connectivity index (χ1n) is 10.5. The molecule has 162 valence electrons. The fourth-order valence-electron chi connectivity index (χ4n) is 3.63. The fourth-order valence-corrected chi connectivity index (χ4v) is 4.52. The zero-order chi connectivity index (χ0) is 22.8. The van der Waals surface area contributed by atoms with Gasteiger partial charge in [-0.25, -0.2) is 0 Å². The molecule has 2 heterocycles. The first kappa shape index (κ1) is 21.0. The van der Waals surface area contributed by atoms with Crippen LogP contribution >= 0.6 is 11.8 Å². The summed E-state index contributed by atoms with van der Waals surface area (Å²) in [6, 6.07) is 25.5. The van der Waals surface area contributed by atoms with Crippen LogP contribution in [0.1, 0.15) is 22.3 Å². The first-order chi connectivity index (χ1) is 16.1. The minimum atomic E-state index is -0.410. The van der Waals surface area contributed by atoms with Crippen molar-refractivity contribution in [3.05, 3.63) is 112 Å². The normalized spacial score (nSPS) is 16.5. The van der Waals surface area contributed by atoms with Gasteiger partial charge in [0.1, 0.15) is 18.2 Å². The van der Waals surface area contributed by atoms with E-state index in [1.807, 2.05) is 72.1 Å². The van der Waals surface area contributed by atoms with E-state index in [9.17, 15) is 4.79 Å². The number of thioether (sulfide) groups is 1. The standard InChI is InChI=1S/C27H21N3O2S/c1-18-10-12-19(13-11-18)16-32-22-9-5-6-20(14-22)15-23-25(28)30-24(21-7-3-2-4-8-21)17-33-27(30)29-26(23)31/h2-15,17,28H,16H2,1H3. The van der Waals surface area contributed by atoms with E-state index in [2.05, 4.69) is 24.0 Å². The zero-order valence-corrected chi connectivity index (χ0v) is 18.8. The summed E-state index contributed by atoms with van der Waals surface area (Å²) >= 11 is 1.36. The summed E-state index contributed by atoms with van der Waals surface area (Å²) in [5.74, 6) is 0.411. The lowest BCUT2D eigenvalue weighted by atomic mass is 10.1. The quantitative estimate of drug-likeness (QED) is 0.492. The van der Waals surface area contributed by atoms with E-state index in [-0.39, 0.29) is 11.4 Å². The number of carbonyl (C=O) groups excluding carboxylic acids is 1. The van der Waals surface area contributed by atoms with Crippen molar-refractivity contribution in [1.29, 1.82) is 5.41 Å². The number of nitrogens with zero attached hydrogens (tertiary/aromatic N) is 2. The number of hydrogen-bond donors (Lipinski definition) is 1. The van der Waals surface area contributed by atoms with Gasteiger partial charge in [-0.05, 0) is 41.8 Å². The molecule has 0 radical (unpaired) electrons. The minimum absolute atomic E-state index is 0.121. The Morgan fingerprint density at radius 3 is 2.61 bits per heavy atom. The van der Waals surface area contributed by atoms with Crippen molar-refractivity contribution in [3.63, 3.8) is 0 Å². The summed E-state index contributed by atoms with van der Waals surface area (Å²) in [5.41, 5.74) is 5.14. The summed E-state index contributed by atoms with van der Waals surface area (Å²) in [5, 5.41) is 11.2. The van der Waals surface area contributed by atoms with Crippen LogP contribution in [0.5, 0.6) is 5.75 Å². The summed E-state index contributed by atoms with van der Waals surface area (Å²) in [7, 11) is 0. The molecular formula is C27H21N3O2S. The summed E-state index contributed by atoms with van der Waals surface area (Å²) in [6.07, 6.45) is 1.70. The number of amidine groups is 2. The van der Waals surface area contributed by atoms with E-state index in [1.54, 1.807) is 11.0 Å². The Bertz CT molecular complexity index is 1320. The van der Waals surface area contributed by atoms with Crippen LogP contribution in [0.4, 0.5) is 0 Å². The van der Waals surface area contributed by atoms with Gasteiger partial charge in [0.25, 0.3) is 5.91 Å². The zero-order valence-electron chi connectivity index (χ0n) is 18.0. The van der Waals surface area contributed by atoms with Crippen LogP contribution < -0.4 is 4.74 Å². The Labute approximate surface area is 196 Å². The van der Waals surface area contributed by atoms with Gasteiger partial charge in [-0.1, -0.05) is 84.1 Å². The number of ether oxygens (including phenoxy) is 1. The van der Waals surface area contributed by atoms with Crippen LogP contribution in [0.15, 0.2) is 94.8 Å². The third-order valence-corrected chi connectivity index (χ3v) is 6.21. The third kappa shape index (κ3) is 4.38. The Balaban J connectivity index is 1.38. The van der Waals surface area contributed by atoms with Crippen molar-refractivity contribution in [2.24, 2.45) is 4.99 Å². The van der Waals surface area contributed by atoms with Gasteiger partial charge in [-0.3, -0.25) is 15.1 Å². The molecule has 0 unspecified atom stereocenters. The van der Waals surface area contributed by atoms with Crippen LogP contribution in [0.25, 0.3) is 11.8 Å². The number of hydrogen-bond acceptors (Lipinski definition) is 4. The molecule has 2 aliphatic rings. The average Bonchev–Trinajstić information content (AvgIpc) is 3.26. The summed E-state index contributed by atoms with van der Waals surface area (Å²) in [4.78, 5) is 18.7. The van der Waals surface area contributed by atoms with Gasteiger partial charge in [0.05, 0.1) is 11.3 Å². The highest BCUT2D eigenvalue weighted by Gasteiger charge is 2.36. The molecule has 0 saturated heterocycles. The molecule has 0 saturated carbocycles. The second-order valence-corrected chi connectivity index (χ2v) is 8.61. The predicted octanol–water partition coefficient (Wildman–Crippen LogP) is 5.88. The van der Waals surface area contributed by atoms with Crippen molar-refractivity contribution >= 4 is 40.4 Å². The number of nitrogens with one attached hydrogen (secondary N) is 1. The van der Waals surface area contributed by atoms with Gasteiger partial charge < -0.3 is 4.74 Å². The molecule has 0 aromatic heterocycles. The third-order valence-electron chi connectivity index (χ3n) is 5.38. The Hall–Kier alpha value is -3.90. The highest BCUT2D eigenvalue weighted by Crippen LogP contribution is 2.37. The number of carbonyl (C=O) groups is 1. The highest BCUT2D eigenvalue weighted by molar-refractivity contribution is 8.17. The molecule has 33 heavy (non-hydrogen) atoms. The van der Waals surface area contributed by atoms with Crippen molar-refractivity contribution in [2.45, 2.75) is 13.5 Å². The molecule has 5 rings (SSSR count). The summed E-state index contributed by atoms with van der Waals surface area (Å²) in [6.45, 7) is 2.51. The molecule has 0 bridgehead atoms. The maximum Gasteiger partial charge on any atom is 0.283 e. The van der Waals surface area contributed by atoms with Gasteiger partial charge in [0.15, 0.2) is 5.17 Å². The molecule has 3 aromatic carbocycles. The second-order valence-electron chi connectivity index (χ2n) is 7.78. The molecule has 0 atom stereocenters. The molecule has 1 amide bonds. The Morgan fingerprint density at radius 1 is 1.03 bits per heavy atom. The van der Waals surface area contributed by atoms with Crippen LogP contribution in [-0.2, 0) is 11.4 Å². The first-order valence-corrected chi connectivity index (χ1v) is 11.4. The molecule has 0 spiro atoms. The number of aliphatic imine (C=N–C) groups is 1. The number of fused-ring (bicyclic) bond motifs is 1. The minimum Gasteiger partial charge on any atom is -0.489 e. The lowest BCUT2D eigenvalue weighted by molar-refractivity contribution is -0.114. The van der Waals surface area contributed by atoms with Gasteiger partial charge in [0, 0.05) is 5.41 Å². The molecule has 2 aliphatic heterocycles. The number of benzene rings is 3. The molecule has 3 aromatic rings. The molecule has 0 aliphatic carbocycles. The average molecular weight is 452 g/mol. The van der Waals surface area contributed by atoms with E-state index >= 15 is 0 Å². The lowest BCUT2D eigenvalue weighted by Crippen LogP contribution is -2.38. The van der Waals surface area contributed by atoms with Gasteiger partial charge in [0.2, 0.25) is 0 Å². The summed E-state index contributed by atoms with van der Waals surface area (Å²) < 4.78 is 5.94. The maximum absolute atomic E-state index is 12.7. The Kier molecular flexibility index (Phi) is 5.67. The molecule has 5 nitrogen and oxygen atoms in total. The smallest absolute Gasteiger partial charge is 0.283 e. The maximum atomic E-state index is 12.7. The largest absolute Gasteiger partial charge is 0.489 e. The van der Waals surface area contributed by atoms with Crippen molar-refractivity contribution < 1.29 is 9.53 Å². The molecular weight excluding hydrogens is 430 g/mol. The molecule has 0 fully saturated rings. The van der Waals surface area contributed by atoms with Crippen LogP contribution in [0.3, 0.4) is 0 Å². The second kappa shape index (κ2) is 8.92. The monoisotopic (exact) mass is 451 g/mol. The van der Waals surface area contributed by atoms with Crippen LogP contribution in [0, 0.1) is 12.3 Å². The van der Waals surface area contributed by atoms with E-state index in [0.717, 1.165) is 22.4 Å². The van der Waals surface area contributed by atoms with Crippen molar-refractivity contribution in [2.75, 3.05) is 0 Å². The van der Waals surface area contributed by atoms with Gasteiger partial charge in [-0.15, -0.1) is 0 Å². The van der Waals surface area contributed by atoms with E-state index in [1.165, 1.54) is 17.3 Å². The highest BCUT2D eigenvalue weighted by atomic mass is 32.2. The van der Waals surface area contributed by atoms with E-state index in [4.69, 9.17) is 10.1 Å². The van der Waals surface area contributed by atoms with E-state index < -0.39 is 5.91 Å². The fraction of sp³-hybridized carbons (Fsp3) is 0.0741. The molecule has 1 N–H and O–H groups in total. The van der Waals surface area contributed by atoms with Gasteiger partial charge in [-0.2, -0.15) is 4.99 Å². The number of amides is 1. The van der Waals surface area contributed by atoms with Crippen molar-refractivity contribution in [1.82, 2.24) is 4.90 Å².